The lowest BCUT2D eigenvalue weighted by Crippen LogP contribution is -2.50. The first kappa shape index (κ1) is 13.8. The van der Waals surface area contributed by atoms with Gasteiger partial charge in [0.05, 0.1) is 0 Å². The van der Waals surface area contributed by atoms with E-state index in [1.165, 1.54) is 57.9 Å². The van der Waals surface area contributed by atoms with Gasteiger partial charge in [-0.05, 0) is 69.2 Å². The molecule has 3 nitrogen and oxygen atoms in total. The summed E-state index contributed by atoms with van der Waals surface area (Å²) in [5.41, 5.74) is 0. The van der Waals surface area contributed by atoms with Crippen LogP contribution in [0.15, 0.2) is 0 Å². The Morgan fingerprint density at radius 1 is 1.16 bits per heavy atom. The molecule has 3 rings (SSSR count). The zero-order chi connectivity index (χ0) is 13.2. The second kappa shape index (κ2) is 6.11. The molecule has 0 bridgehead atoms. The summed E-state index contributed by atoms with van der Waals surface area (Å²) in [4.78, 5) is 0. The van der Waals surface area contributed by atoms with E-state index in [2.05, 4.69) is 12.2 Å². The lowest BCUT2D eigenvalue weighted by Gasteiger charge is -2.46. The number of hydrogen-bond acceptors (Lipinski definition) is 3. The van der Waals surface area contributed by atoms with Crippen LogP contribution in [-0.2, 0) is 0 Å². The smallest absolute Gasteiger partial charge is 0.0353 e. The van der Waals surface area contributed by atoms with Crippen molar-refractivity contribution < 1.29 is 5.21 Å². The summed E-state index contributed by atoms with van der Waals surface area (Å²) in [5.74, 6) is 2.56. The van der Waals surface area contributed by atoms with Crippen LogP contribution in [0.2, 0.25) is 0 Å². The van der Waals surface area contributed by atoms with Gasteiger partial charge >= 0.3 is 0 Å². The number of rotatable bonds is 2. The van der Waals surface area contributed by atoms with Crippen molar-refractivity contribution in [3.63, 3.8) is 0 Å². The molecule has 0 aromatic rings. The summed E-state index contributed by atoms with van der Waals surface area (Å²) in [6.07, 6.45) is 10.4. The van der Waals surface area contributed by atoms with E-state index in [1.807, 2.05) is 0 Å². The van der Waals surface area contributed by atoms with Gasteiger partial charge in [0.15, 0.2) is 0 Å². The van der Waals surface area contributed by atoms with Crippen molar-refractivity contribution in [1.29, 1.82) is 0 Å². The van der Waals surface area contributed by atoms with Gasteiger partial charge in [0.2, 0.25) is 0 Å². The minimum absolute atomic E-state index is 0.437. The van der Waals surface area contributed by atoms with E-state index in [0.717, 1.165) is 30.3 Å². The van der Waals surface area contributed by atoms with E-state index in [-0.39, 0.29) is 0 Å². The monoisotopic (exact) mass is 266 g/mol. The Labute approximate surface area is 117 Å². The number of hydroxylamine groups is 2. The van der Waals surface area contributed by atoms with Crippen LogP contribution in [0.4, 0.5) is 0 Å². The van der Waals surface area contributed by atoms with E-state index in [1.54, 1.807) is 5.06 Å². The molecule has 0 aromatic carbocycles. The number of hydrogen-bond donors (Lipinski definition) is 2. The predicted molar refractivity (Wildman–Crippen MR) is 77.2 cm³/mol. The Morgan fingerprint density at radius 2 is 2.05 bits per heavy atom. The van der Waals surface area contributed by atoms with Gasteiger partial charge in [0.1, 0.15) is 0 Å². The van der Waals surface area contributed by atoms with Crippen LogP contribution in [0.5, 0.6) is 0 Å². The molecule has 0 radical (unpaired) electrons. The number of fused-ring (bicyclic) bond motifs is 1. The Bertz CT molecular complexity index is 296. The van der Waals surface area contributed by atoms with E-state index in [4.69, 9.17) is 0 Å². The number of nitrogens with one attached hydrogen (secondary N) is 1. The van der Waals surface area contributed by atoms with Crippen LogP contribution < -0.4 is 5.32 Å². The van der Waals surface area contributed by atoms with Crippen molar-refractivity contribution >= 4 is 0 Å². The molecule has 5 atom stereocenters. The molecule has 3 heteroatoms. The van der Waals surface area contributed by atoms with E-state index < -0.39 is 0 Å². The molecule has 3 fully saturated rings. The molecule has 2 saturated heterocycles. The molecule has 2 heterocycles. The molecule has 0 amide bonds. The Balaban J connectivity index is 1.63. The van der Waals surface area contributed by atoms with Crippen LogP contribution >= 0.6 is 0 Å². The molecule has 1 unspecified atom stereocenters. The summed E-state index contributed by atoms with van der Waals surface area (Å²) >= 11 is 0. The normalized spacial score (nSPS) is 44.8. The van der Waals surface area contributed by atoms with Gasteiger partial charge in [-0.25, -0.2) is 0 Å². The fourth-order valence-corrected chi connectivity index (χ4v) is 4.87. The average Bonchev–Trinajstić information content (AvgIpc) is 2.41. The van der Waals surface area contributed by atoms with Gasteiger partial charge < -0.3 is 10.5 Å². The van der Waals surface area contributed by atoms with E-state index in [0.29, 0.717) is 6.04 Å². The summed E-state index contributed by atoms with van der Waals surface area (Å²) in [7, 11) is 0. The highest BCUT2D eigenvalue weighted by Crippen LogP contribution is 2.41. The lowest BCUT2D eigenvalue weighted by molar-refractivity contribution is -0.150. The van der Waals surface area contributed by atoms with Crippen LogP contribution in [0.1, 0.15) is 58.3 Å². The second-order valence-electron chi connectivity index (χ2n) is 7.25. The maximum absolute atomic E-state index is 10.1. The van der Waals surface area contributed by atoms with Gasteiger partial charge in [0, 0.05) is 18.6 Å². The van der Waals surface area contributed by atoms with Gasteiger partial charge in [-0.2, -0.15) is 5.06 Å². The van der Waals surface area contributed by atoms with Crippen LogP contribution in [0, 0.1) is 17.8 Å². The Kier molecular flexibility index (Phi) is 4.45. The fourth-order valence-electron chi connectivity index (χ4n) is 4.87. The molecular formula is C16H30N2O. The molecular weight excluding hydrogens is 236 g/mol. The third-order valence-electron chi connectivity index (χ3n) is 5.78. The van der Waals surface area contributed by atoms with Crippen molar-refractivity contribution in [2.75, 3.05) is 13.1 Å². The van der Waals surface area contributed by atoms with E-state index in [9.17, 15) is 5.21 Å². The molecule has 110 valence electrons. The highest BCUT2D eigenvalue weighted by Gasteiger charge is 2.39. The largest absolute Gasteiger partial charge is 0.314 e. The number of piperidine rings is 2. The minimum atomic E-state index is 0.437. The summed E-state index contributed by atoms with van der Waals surface area (Å²) < 4.78 is 0. The molecule has 2 aliphatic heterocycles. The Morgan fingerprint density at radius 3 is 2.89 bits per heavy atom. The third kappa shape index (κ3) is 3.14. The van der Waals surface area contributed by atoms with Crippen LogP contribution in [0.25, 0.3) is 0 Å². The van der Waals surface area contributed by atoms with Gasteiger partial charge in [0.25, 0.3) is 0 Å². The molecule has 19 heavy (non-hydrogen) atoms. The summed E-state index contributed by atoms with van der Waals surface area (Å²) in [5, 5.41) is 15.5. The minimum Gasteiger partial charge on any atom is -0.314 e. The molecule has 0 spiro atoms. The first-order valence-corrected chi connectivity index (χ1v) is 8.43. The quantitative estimate of drug-likeness (QED) is 0.806. The SMILES string of the molecule is C[C@@H]1C[C@@H](CC2CCCCN2O)[C@H]2CCCN[C@@H]2C1. The highest BCUT2D eigenvalue weighted by molar-refractivity contribution is 4.93. The zero-order valence-corrected chi connectivity index (χ0v) is 12.4. The van der Waals surface area contributed by atoms with Crippen LogP contribution in [0.3, 0.4) is 0 Å². The first-order chi connectivity index (χ1) is 9.24. The number of nitrogens with zero attached hydrogens (tertiary/aromatic N) is 1. The highest BCUT2D eigenvalue weighted by atomic mass is 16.5. The third-order valence-corrected chi connectivity index (χ3v) is 5.78. The standard InChI is InChI=1S/C16H30N2O/c1-12-9-13(11-14-5-2-3-8-18(14)19)15-6-4-7-17-16(15)10-12/h12-17,19H,2-11H2,1H3/t12-,13+,14?,15-,16-/m1/s1. The van der Waals surface area contributed by atoms with Crippen molar-refractivity contribution in [3.05, 3.63) is 0 Å². The van der Waals surface area contributed by atoms with Crippen molar-refractivity contribution in [3.8, 4) is 0 Å². The van der Waals surface area contributed by atoms with E-state index >= 15 is 0 Å². The fraction of sp³-hybridized carbons (Fsp3) is 1.00. The van der Waals surface area contributed by atoms with Gasteiger partial charge in [-0.3, -0.25) is 0 Å². The molecule has 1 saturated carbocycles. The summed E-state index contributed by atoms with van der Waals surface area (Å²) in [6, 6.07) is 1.20. The van der Waals surface area contributed by atoms with Gasteiger partial charge in [-0.15, -0.1) is 0 Å². The van der Waals surface area contributed by atoms with Crippen LogP contribution in [-0.4, -0.2) is 35.4 Å². The Hall–Kier alpha value is -0.120. The molecule has 3 aliphatic rings. The molecule has 0 aromatic heterocycles. The maximum atomic E-state index is 10.1. The molecule has 1 aliphatic carbocycles. The lowest BCUT2D eigenvalue weighted by atomic mass is 9.66. The van der Waals surface area contributed by atoms with Crippen molar-refractivity contribution in [1.82, 2.24) is 10.4 Å². The van der Waals surface area contributed by atoms with Crippen molar-refractivity contribution in [2.45, 2.75) is 70.4 Å². The van der Waals surface area contributed by atoms with Gasteiger partial charge in [-0.1, -0.05) is 13.3 Å². The first-order valence-electron chi connectivity index (χ1n) is 8.43. The maximum Gasteiger partial charge on any atom is 0.0353 e. The average molecular weight is 266 g/mol. The summed E-state index contributed by atoms with van der Waals surface area (Å²) in [6.45, 7) is 4.52. The molecule has 2 N–H and O–H groups in total. The second-order valence-corrected chi connectivity index (χ2v) is 7.25. The predicted octanol–water partition coefficient (Wildman–Crippen LogP) is 3.03. The van der Waals surface area contributed by atoms with Crippen molar-refractivity contribution in [2.24, 2.45) is 17.8 Å². The topological polar surface area (TPSA) is 35.5 Å². The zero-order valence-electron chi connectivity index (χ0n) is 12.4.